The Balaban J connectivity index is 2.35. The summed E-state index contributed by atoms with van der Waals surface area (Å²) in [5, 5.41) is 0. The molecule has 1 fully saturated rings. The molecule has 1 aliphatic heterocycles. The van der Waals surface area contributed by atoms with Crippen LogP contribution in [0.5, 0.6) is 0 Å². The van der Waals surface area contributed by atoms with Gasteiger partial charge in [0.1, 0.15) is 0 Å². The second-order valence-corrected chi connectivity index (χ2v) is 4.88. The highest BCUT2D eigenvalue weighted by atomic mass is 79.9. The summed E-state index contributed by atoms with van der Waals surface area (Å²) in [6.45, 7) is 2.51. The average Bonchev–Trinajstić information content (AvgIpc) is 2.42. The first-order chi connectivity index (χ1) is 7.01. The number of carbonyl (C=O) groups is 1. The highest BCUT2D eigenvalue weighted by Crippen LogP contribution is 2.33. The molecule has 0 saturated carbocycles. The normalized spacial score (nSPS) is 25.5. The van der Waals surface area contributed by atoms with Crippen LogP contribution in [-0.4, -0.2) is 24.6 Å². The molecule has 1 aromatic rings. The van der Waals surface area contributed by atoms with Gasteiger partial charge in [-0.1, -0.05) is 28.1 Å². The Morgan fingerprint density at radius 1 is 1.53 bits per heavy atom. The van der Waals surface area contributed by atoms with Crippen LogP contribution in [0.2, 0.25) is 0 Å². The number of cyclic esters (lactones) is 1. The molecule has 1 aliphatic rings. The molecule has 0 radical (unpaired) electrons. The van der Waals surface area contributed by atoms with Gasteiger partial charge in [0.25, 0.3) is 0 Å². The molecule has 0 spiro atoms. The van der Waals surface area contributed by atoms with Crippen molar-refractivity contribution in [1.29, 1.82) is 0 Å². The van der Waals surface area contributed by atoms with Crippen LogP contribution in [0.4, 0.5) is 4.79 Å². The van der Waals surface area contributed by atoms with Crippen LogP contribution in [0.1, 0.15) is 12.5 Å². The van der Waals surface area contributed by atoms with Gasteiger partial charge < -0.3 is 9.64 Å². The number of ether oxygens (including phenoxy) is 1. The van der Waals surface area contributed by atoms with Crippen LogP contribution in [0.3, 0.4) is 0 Å². The summed E-state index contributed by atoms with van der Waals surface area (Å²) in [6, 6.07) is 7.84. The SMILES string of the molecule is CN1CC(C)(c2cccc(Br)c2)OC1=O. The second kappa shape index (κ2) is 3.52. The molecule has 4 heteroatoms. The summed E-state index contributed by atoms with van der Waals surface area (Å²) in [5.41, 5.74) is 0.477. The average molecular weight is 270 g/mol. The first kappa shape index (κ1) is 10.5. The van der Waals surface area contributed by atoms with Crippen molar-refractivity contribution in [1.82, 2.24) is 4.90 Å². The molecule has 1 amide bonds. The lowest BCUT2D eigenvalue weighted by Crippen LogP contribution is -2.27. The molecular formula is C11H12BrNO2. The van der Waals surface area contributed by atoms with Crippen LogP contribution >= 0.6 is 15.9 Å². The standard InChI is InChI=1S/C11H12BrNO2/c1-11(7-13(2)10(14)15-11)8-4-3-5-9(12)6-8/h3-6H,7H2,1-2H3. The van der Waals surface area contributed by atoms with Gasteiger partial charge in [0.05, 0.1) is 6.54 Å². The van der Waals surface area contributed by atoms with E-state index >= 15 is 0 Å². The van der Waals surface area contributed by atoms with Gasteiger partial charge in [-0.05, 0) is 24.6 Å². The summed E-state index contributed by atoms with van der Waals surface area (Å²) in [4.78, 5) is 12.9. The van der Waals surface area contributed by atoms with Crippen molar-refractivity contribution in [2.75, 3.05) is 13.6 Å². The van der Waals surface area contributed by atoms with Gasteiger partial charge in [0, 0.05) is 11.5 Å². The fourth-order valence-corrected chi connectivity index (χ4v) is 2.19. The van der Waals surface area contributed by atoms with Gasteiger partial charge in [-0.3, -0.25) is 0 Å². The van der Waals surface area contributed by atoms with E-state index in [2.05, 4.69) is 15.9 Å². The predicted molar refractivity (Wildman–Crippen MR) is 60.6 cm³/mol. The predicted octanol–water partition coefficient (Wildman–Crippen LogP) is 2.75. The number of rotatable bonds is 1. The molecule has 1 aromatic carbocycles. The quantitative estimate of drug-likeness (QED) is 0.785. The number of amides is 1. The van der Waals surface area contributed by atoms with Gasteiger partial charge in [0.15, 0.2) is 5.60 Å². The first-order valence-corrected chi connectivity index (χ1v) is 5.51. The third kappa shape index (κ3) is 1.86. The molecule has 80 valence electrons. The zero-order chi connectivity index (χ0) is 11.1. The van der Waals surface area contributed by atoms with Crippen LogP contribution in [0, 0.1) is 0 Å². The van der Waals surface area contributed by atoms with Crippen LogP contribution < -0.4 is 0 Å². The Morgan fingerprint density at radius 2 is 2.27 bits per heavy atom. The Hall–Kier alpha value is -1.03. The molecule has 0 bridgehead atoms. The minimum absolute atomic E-state index is 0.266. The Morgan fingerprint density at radius 3 is 2.80 bits per heavy atom. The minimum atomic E-state index is -0.532. The zero-order valence-corrected chi connectivity index (χ0v) is 10.2. The van der Waals surface area contributed by atoms with Crippen LogP contribution in [0.15, 0.2) is 28.7 Å². The maximum Gasteiger partial charge on any atom is 0.410 e. The van der Waals surface area contributed by atoms with E-state index in [-0.39, 0.29) is 6.09 Å². The Labute approximate surface area is 97.2 Å². The number of nitrogens with zero attached hydrogens (tertiary/aromatic N) is 1. The molecule has 1 heterocycles. The second-order valence-electron chi connectivity index (χ2n) is 3.97. The molecular weight excluding hydrogens is 258 g/mol. The molecule has 0 aromatic heterocycles. The lowest BCUT2D eigenvalue weighted by molar-refractivity contribution is 0.0701. The van der Waals surface area contributed by atoms with Crippen molar-refractivity contribution in [3.05, 3.63) is 34.3 Å². The summed E-state index contributed by atoms with van der Waals surface area (Å²) in [6.07, 6.45) is -0.266. The van der Waals surface area contributed by atoms with Crippen molar-refractivity contribution < 1.29 is 9.53 Å². The van der Waals surface area contributed by atoms with Crippen LogP contribution in [0.25, 0.3) is 0 Å². The van der Waals surface area contributed by atoms with E-state index in [4.69, 9.17) is 4.74 Å². The van der Waals surface area contributed by atoms with Crippen molar-refractivity contribution in [3.8, 4) is 0 Å². The summed E-state index contributed by atoms with van der Waals surface area (Å²) < 4.78 is 6.36. The monoisotopic (exact) mass is 269 g/mol. The van der Waals surface area contributed by atoms with Crippen LogP contribution in [-0.2, 0) is 10.3 Å². The summed E-state index contributed by atoms with van der Waals surface area (Å²) in [5.74, 6) is 0. The van der Waals surface area contributed by atoms with E-state index < -0.39 is 5.60 Å². The zero-order valence-electron chi connectivity index (χ0n) is 8.66. The van der Waals surface area contributed by atoms with E-state index in [0.717, 1.165) is 10.0 Å². The lowest BCUT2D eigenvalue weighted by Gasteiger charge is -2.22. The molecule has 1 saturated heterocycles. The number of hydrogen-bond donors (Lipinski definition) is 0. The van der Waals surface area contributed by atoms with Gasteiger partial charge in [-0.2, -0.15) is 0 Å². The van der Waals surface area contributed by atoms with Gasteiger partial charge in [-0.15, -0.1) is 0 Å². The lowest BCUT2D eigenvalue weighted by atomic mass is 9.96. The topological polar surface area (TPSA) is 29.5 Å². The van der Waals surface area contributed by atoms with Gasteiger partial charge in [0.2, 0.25) is 0 Å². The number of carbonyl (C=O) groups excluding carboxylic acids is 1. The molecule has 15 heavy (non-hydrogen) atoms. The van der Waals surface area contributed by atoms with Gasteiger partial charge >= 0.3 is 6.09 Å². The molecule has 0 N–H and O–H groups in total. The Bertz CT molecular complexity index is 407. The third-order valence-electron chi connectivity index (χ3n) is 2.60. The fraction of sp³-hybridized carbons (Fsp3) is 0.364. The molecule has 0 aliphatic carbocycles. The van der Waals surface area contributed by atoms with E-state index in [1.54, 1.807) is 11.9 Å². The van der Waals surface area contributed by atoms with Gasteiger partial charge in [-0.25, -0.2) is 4.79 Å². The number of benzene rings is 1. The molecule has 1 atom stereocenters. The van der Waals surface area contributed by atoms with Crippen molar-refractivity contribution >= 4 is 22.0 Å². The van der Waals surface area contributed by atoms with E-state index in [9.17, 15) is 4.79 Å². The molecule has 2 rings (SSSR count). The number of halogens is 1. The third-order valence-corrected chi connectivity index (χ3v) is 3.09. The fourth-order valence-electron chi connectivity index (χ4n) is 1.79. The smallest absolute Gasteiger partial charge is 0.410 e. The van der Waals surface area contributed by atoms with Crippen molar-refractivity contribution in [2.45, 2.75) is 12.5 Å². The summed E-state index contributed by atoms with van der Waals surface area (Å²) >= 11 is 3.41. The van der Waals surface area contributed by atoms with Crippen molar-refractivity contribution in [2.24, 2.45) is 0 Å². The maximum atomic E-state index is 11.3. The highest BCUT2D eigenvalue weighted by molar-refractivity contribution is 9.10. The number of likely N-dealkylation sites (N-methyl/N-ethyl adjacent to an activating group) is 1. The number of hydrogen-bond acceptors (Lipinski definition) is 2. The Kier molecular flexibility index (Phi) is 2.46. The molecule has 1 unspecified atom stereocenters. The van der Waals surface area contributed by atoms with Crippen molar-refractivity contribution in [3.63, 3.8) is 0 Å². The maximum absolute atomic E-state index is 11.3. The first-order valence-electron chi connectivity index (χ1n) is 4.71. The van der Waals surface area contributed by atoms with E-state index in [1.807, 2.05) is 31.2 Å². The largest absolute Gasteiger partial charge is 0.436 e. The summed E-state index contributed by atoms with van der Waals surface area (Å²) in [7, 11) is 1.74. The van der Waals surface area contributed by atoms with E-state index in [0.29, 0.717) is 6.54 Å². The molecule has 3 nitrogen and oxygen atoms in total. The highest BCUT2D eigenvalue weighted by Gasteiger charge is 2.40. The minimum Gasteiger partial charge on any atom is -0.436 e. The van der Waals surface area contributed by atoms with E-state index in [1.165, 1.54) is 0 Å².